The summed E-state index contributed by atoms with van der Waals surface area (Å²) in [5.74, 6) is -0.644. The van der Waals surface area contributed by atoms with Crippen molar-refractivity contribution in [2.24, 2.45) is 5.10 Å². The van der Waals surface area contributed by atoms with E-state index in [0.29, 0.717) is 0 Å². The van der Waals surface area contributed by atoms with E-state index in [9.17, 15) is 14.7 Å². The van der Waals surface area contributed by atoms with Crippen LogP contribution < -0.4 is 10.3 Å². The summed E-state index contributed by atoms with van der Waals surface area (Å²) in [6.45, 7) is 1.47. The number of para-hydroxylation sites is 1. The summed E-state index contributed by atoms with van der Waals surface area (Å²) < 4.78 is 0. The SMILES string of the molecule is CC(=O)C1CC(C(=O)Nc2ncccc2O)=NN1c1ccccc1. The largest absolute Gasteiger partial charge is 0.504 e. The van der Waals surface area contributed by atoms with E-state index in [4.69, 9.17) is 0 Å². The van der Waals surface area contributed by atoms with Gasteiger partial charge in [0.1, 0.15) is 11.8 Å². The van der Waals surface area contributed by atoms with Crippen LogP contribution in [0.5, 0.6) is 5.75 Å². The fourth-order valence-electron chi connectivity index (χ4n) is 2.46. The lowest BCUT2D eigenvalue weighted by molar-refractivity contribution is -0.118. The van der Waals surface area contributed by atoms with E-state index in [1.54, 1.807) is 11.1 Å². The summed E-state index contributed by atoms with van der Waals surface area (Å²) in [6, 6.07) is 11.6. The van der Waals surface area contributed by atoms with E-state index in [1.807, 2.05) is 30.3 Å². The van der Waals surface area contributed by atoms with E-state index in [1.165, 1.54) is 19.2 Å². The molecule has 1 amide bonds. The first kappa shape index (κ1) is 15.7. The molecule has 0 bridgehead atoms. The number of amides is 1. The number of ketones is 1. The number of aromatic hydroxyl groups is 1. The molecule has 1 aromatic carbocycles. The fraction of sp³-hybridized carbons (Fsp3) is 0.176. The highest BCUT2D eigenvalue weighted by atomic mass is 16.3. The third-order valence-electron chi connectivity index (χ3n) is 3.68. The molecule has 2 heterocycles. The lowest BCUT2D eigenvalue weighted by atomic mass is 10.1. The number of nitrogens with one attached hydrogen (secondary N) is 1. The molecule has 1 aliphatic rings. The third kappa shape index (κ3) is 3.10. The van der Waals surface area contributed by atoms with Gasteiger partial charge in [-0.3, -0.25) is 14.6 Å². The summed E-state index contributed by atoms with van der Waals surface area (Å²) in [6.07, 6.45) is 1.66. The van der Waals surface area contributed by atoms with Gasteiger partial charge in [0.15, 0.2) is 17.4 Å². The standard InChI is InChI=1S/C17H16N4O3/c1-11(22)14-10-13(20-21(14)12-6-3-2-4-7-12)17(24)19-16-15(23)8-5-9-18-16/h2-9,14,23H,10H2,1H3,(H,18,19,24). The Labute approximate surface area is 138 Å². The Morgan fingerprint density at radius 1 is 1.21 bits per heavy atom. The maximum absolute atomic E-state index is 12.4. The van der Waals surface area contributed by atoms with E-state index < -0.39 is 11.9 Å². The van der Waals surface area contributed by atoms with E-state index in [0.717, 1.165) is 5.69 Å². The molecule has 2 aromatic rings. The number of carbonyl (C=O) groups is 2. The number of benzene rings is 1. The Hall–Kier alpha value is -3.22. The number of anilines is 2. The summed E-state index contributed by atoms with van der Waals surface area (Å²) in [4.78, 5) is 28.2. The second kappa shape index (κ2) is 6.49. The molecule has 0 aliphatic carbocycles. The van der Waals surface area contributed by atoms with Gasteiger partial charge in [-0.25, -0.2) is 4.98 Å². The molecule has 2 N–H and O–H groups in total. The number of hydrazone groups is 1. The predicted molar refractivity (Wildman–Crippen MR) is 90.0 cm³/mol. The monoisotopic (exact) mass is 324 g/mol. The van der Waals surface area contributed by atoms with Crippen LogP contribution in [0.25, 0.3) is 0 Å². The van der Waals surface area contributed by atoms with Crippen LogP contribution in [-0.2, 0) is 9.59 Å². The van der Waals surface area contributed by atoms with Crippen molar-refractivity contribution in [2.45, 2.75) is 19.4 Å². The molecule has 1 atom stereocenters. The number of rotatable bonds is 4. The van der Waals surface area contributed by atoms with Gasteiger partial charge in [-0.2, -0.15) is 5.10 Å². The van der Waals surface area contributed by atoms with Gasteiger partial charge in [-0.15, -0.1) is 0 Å². The van der Waals surface area contributed by atoms with Crippen LogP contribution in [0.2, 0.25) is 0 Å². The van der Waals surface area contributed by atoms with Crippen LogP contribution >= 0.6 is 0 Å². The van der Waals surface area contributed by atoms with Crippen molar-refractivity contribution in [2.75, 3.05) is 10.3 Å². The van der Waals surface area contributed by atoms with Gasteiger partial charge in [0.2, 0.25) is 0 Å². The molecule has 122 valence electrons. The Kier molecular flexibility index (Phi) is 4.24. The van der Waals surface area contributed by atoms with Gasteiger partial charge in [0.05, 0.1) is 5.69 Å². The minimum Gasteiger partial charge on any atom is -0.504 e. The molecule has 24 heavy (non-hydrogen) atoms. The maximum atomic E-state index is 12.4. The third-order valence-corrected chi connectivity index (χ3v) is 3.68. The first-order valence-electron chi connectivity index (χ1n) is 7.44. The molecule has 1 aliphatic heterocycles. The van der Waals surface area contributed by atoms with Crippen molar-refractivity contribution in [1.29, 1.82) is 0 Å². The second-order valence-electron chi connectivity index (χ2n) is 5.38. The molecule has 1 aromatic heterocycles. The van der Waals surface area contributed by atoms with Crippen molar-refractivity contribution in [3.8, 4) is 5.75 Å². The minimum atomic E-state index is -0.523. The van der Waals surface area contributed by atoms with Gasteiger partial charge in [0, 0.05) is 12.6 Å². The number of aromatic nitrogens is 1. The molecule has 0 saturated carbocycles. The first-order chi connectivity index (χ1) is 11.6. The van der Waals surface area contributed by atoms with Crippen LogP contribution in [0.15, 0.2) is 53.8 Å². The van der Waals surface area contributed by atoms with Crippen LogP contribution in [0.3, 0.4) is 0 Å². The van der Waals surface area contributed by atoms with Gasteiger partial charge in [-0.1, -0.05) is 18.2 Å². The Balaban J connectivity index is 1.84. The molecule has 0 saturated heterocycles. The average Bonchev–Trinajstić information content (AvgIpc) is 3.03. The van der Waals surface area contributed by atoms with Crippen LogP contribution in [-0.4, -0.2) is 33.5 Å². The fourth-order valence-corrected chi connectivity index (χ4v) is 2.46. The van der Waals surface area contributed by atoms with Gasteiger partial charge in [0.25, 0.3) is 5.91 Å². The molecule has 3 rings (SSSR count). The second-order valence-corrected chi connectivity index (χ2v) is 5.38. The van der Waals surface area contributed by atoms with E-state index in [2.05, 4.69) is 15.4 Å². The smallest absolute Gasteiger partial charge is 0.273 e. The molecular formula is C17H16N4O3. The lowest BCUT2D eigenvalue weighted by Crippen LogP contribution is -2.33. The highest BCUT2D eigenvalue weighted by Gasteiger charge is 2.34. The molecule has 7 nitrogen and oxygen atoms in total. The number of pyridine rings is 1. The van der Waals surface area contributed by atoms with E-state index >= 15 is 0 Å². The highest BCUT2D eigenvalue weighted by molar-refractivity contribution is 6.44. The van der Waals surface area contributed by atoms with Crippen LogP contribution in [0.4, 0.5) is 11.5 Å². The van der Waals surface area contributed by atoms with Crippen LogP contribution in [0.1, 0.15) is 13.3 Å². The molecule has 1 unspecified atom stereocenters. The summed E-state index contributed by atoms with van der Waals surface area (Å²) in [7, 11) is 0. The van der Waals surface area contributed by atoms with Gasteiger partial charge in [-0.05, 0) is 31.2 Å². The highest BCUT2D eigenvalue weighted by Crippen LogP contribution is 2.26. The zero-order chi connectivity index (χ0) is 17.1. The zero-order valence-corrected chi connectivity index (χ0v) is 13.0. The molecule has 7 heteroatoms. The molecule has 0 spiro atoms. The summed E-state index contributed by atoms with van der Waals surface area (Å²) in [5, 5.41) is 18.1. The normalized spacial score (nSPS) is 16.6. The van der Waals surface area contributed by atoms with Crippen molar-refractivity contribution in [1.82, 2.24) is 4.98 Å². The Morgan fingerprint density at radius 3 is 2.62 bits per heavy atom. The predicted octanol–water partition coefficient (Wildman–Crippen LogP) is 1.95. The number of carbonyl (C=O) groups excluding carboxylic acids is 2. The van der Waals surface area contributed by atoms with Crippen molar-refractivity contribution in [3.63, 3.8) is 0 Å². The van der Waals surface area contributed by atoms with Gasteiger partial charge >= 0.3 is 0 Å². The number of hydrogen-bond donors (Lipinski definition) is 2. The average molecular weight is 324 g/mol. The number of nitrogens with zero attached hydrogens (tertiary/aromatic N) is 3. The Morgan fingerprint density at radius 2 is 1.96 bits per heavy atom. The number of Topliss-reactive ketones (excluding diaryl/α,β-unsaturated/α-hetero) is 1. The quantitative estimate of drug-likeness (QED) is 0.896. The van der Waals surface area contributed by atoms with E-state index in [-0.39, 0.29) is 29.5 Å². The topological polar surface area (TPSA) is 94.9 Å². The zero-order valence-electron chi connectivity index (χ0n) is 13.0. The minimum absolute atomic E-state index is 0.0581. The molecule has 0 fully saturated rings. The summed E-state index contributed by atoms with van der Waals surface area (Å²) >= 11 is 0. The van der Waals surface area contributed by atoms with Crippen molar-refractivity contribution >= 4 is 28.9 Å². The van der Waals surface area contributed by atoms with Gasteiger partial charge < -0.3 is 10.4 Å². The number of hydrogen-bond acceptors (Lipinski definition) is 6. The summed E-state index contributed by atoms with van der Waals surface area (Å²) in [5.41, 5.74) is 0.949. The lowest BCUT2D eigenvalue weighted by Gasteiger charge is -2.20. The molecular weight excluding hydrogens is 308 g/mol. The van der Waals surface area contributed by atoms with Crippen molar-refractivity contribution < 1.29 is 14.7 Å². The first-order valence-corrected chi connectivity index (χ1v) is 7.44. The van der Waals surface area contributed by atoms with Crippen LogP contribution in [0, 0.1) is 0 Å². The Bertz CT molecular complexity index is 804. The molecule has 0 radical (unpaired) electrons. The van der Waals surface area contributed by atoms with Crippen molar-refractivity contribution in [3.05, 3.63) is 48.7 Å². The maximum Gasteiger partial charge on any atom is 0.273 e.